The van der Waals surface area contributed by atoms with E-state index in [-0.39, 0.29) is 0 Å². The molecule has 0 aliphatic carbocycles. The monoisotopic (exact) mass is 401 g/mol. The fourth-order valence-electron chi connectivity index (χ4n) is 0.829. The summed E-state index contributed by atoms with van der Waals surface area (Å²) in [6.07, 6.45) is 0. The molecular formula is C10H13Cl2NW. The molecule has 0 aliphatic heterocycles. The van der Waals surface area contributed by atoms with Gasteiger partial charge in [0.25, 0.3) is 0 Å². The zero-order valence-electron chi connectivity index (χ0n) is 8.42. The Kier molecular flexibility index (Phi) is 4.18. The van der Waals surface area contributed by atoms with Crippen molar-refractivity contribution in [3.05, 3.63) is 29.8 Å². The molecular weight excluding hydrogens is 389 g/mol. The van der Waals surface area contributed by atoms with Gasteiger partial charge in [0.15, 0.2) is 0 Å². The van der Waals surface area contributed by atoms with E-state index >= 15 is 0 Å². The van der Waals surface area contributed by atoms with Gasteiger partial charge in [0.2, 0.25) is 0 Å². The Morgan fingerprint density at radius 2 is 1.64 bits per heavy atom. The second kappa shape index (κ2) is 4.79. The second-order valence-electron chi connectivity index (χ2n) is 3.28. The molecule has 0 N–H and O–H groups in total. The number of nitrogens with zero attached hydrogens (tertiary/aromatic N) is 1. The number of halogens is 2. The summed E-state index contributed by atoms with van der Waals surface area (Å²) in [7, 11) is 12.4. The van der Waals surface area contributed by atoms with Gasteiger partial charge in [-0.3, -0.25) is 0 Å². The number of hydrogen-bond donors (Lipinski definition) is 0. The third-order valence-electron chi connectivity index (χ3n) is 1.75. The quantitative estimate of drug-likeness (QED) is 0.657. The Hall–Kier alpha value is 0.158. The average molecular weight is 402 g/mol. The summed E-state index contributed by atoms with van der Waals surface area (Å²) < 4.78 is 5.50. The van der Waals surface area contributed by atoms with E-state index in [9.17, 15) is 0 Å². The topological polar surface area (TPSA) is 12.4 Å². The van der Waals surface area contributed by atoms with E-state index in [0.717, 1.165) is 9.59 Å². The van der Waals surface area contributed by atoms with Crippen molar-refractivity contribution in [3.8, 4) is 0 Å². The molecule has 0 amide bonds. The number of rotatable bonds is 1. The van der Waals surface area contributed by atoms with Crippen molar-refractivity contribution in [2.45, 2.75) is 20.8 Å². The van der Waals surface area contributed by atoms with Gasteiger partial charge in [0, 0.05) is 0 Å². The van der Waals surface area contributed by atoms with Gasteiger partial charge in [-0.25, -0.2) is 0 Å². The van der Waals surface area contributed by atoms with E-state index in [1.165, 1.54) is 5.56 Å². The standard InChI is InChI=1S/C7H7N.C3H6.2ClH.W/c1-6-2-4-7(8)5-3-6;1-3-2;;;/h2-5H,1H3;1-2H3;2*1H;/q;;;;+2/p-2. The molecule has 0 heterocycles. The van der Waals surface area contributed by atoms with Crippen LogP contribution in [0.15, 0.2) is 27.8 Å². The van der Waals surface area contributed by atoms with Gasteiger partial charge in [-0.05, 0) is 0 Å². The van der Waals surface area contributed by atoms with E-state index in [2.05, 4.69) is 3.50 Å². The van der Waals surface area contributed by atoms with Gasteiger partial charge in [-0.1, -0.05) is 0 Å². The van der Waals surface area contributed by atoms with Crippen LogP contribution in [0.4, 0.5) is 5.69 Å². The average Bonchev–Trinajstić information content (AvgIpc) is 2.08. The van der Waals surface area contributed by atoms with Crippen LogP contribution in [0.2, 0.25) is 0 Å². The number of benzene rings is 1. The first-order valence-electron chi connectivity index (χ1n) is 4.24. The Balaban J connectivity index is 3.24. The summed E-state index contributed by atoms with van der Waals surface area (Å²) in [4.78, 5) is 0. The molecule has 1 nitrogen and oxygen atoms in total. The van der Waals surface area contributed by atoms with Crippen molar-refractivity contribution in [2.75, 3.05) is 0 Å². The Morgan fingerprint density at radius 3 is 2.07 bits per heavy atom. The van der Waals surface area contributed by atoms with Gasteiger partial charge in [0.1, 0.15) is 0 Å². The first-order valence-corrected chi connectivity index (χ1v) is 14.3. The molecule has 0 aliphatic rings. The molecule has 1 aromatic rings. The zero-order valence-corrected chi connectivity index (χ0v) is 12.9. The maximum absolute atomic E-state index is 6.22. The van der Waals surface area contributed by atoms with Crippen molar-refractivity contribution < 1.29 is 13.3 Å². The number of aryl methyl sites for hydroxylation is 1. The normalized spacial score (nSPS) is 11.2. The third kappa shape index (κ3) is 3.38. The summed E-state index contributed by atoms with van der Waals surface area (Å²) in [6, 6.07) is 7.93. The van der Waals surface area contributed by atoms with Crippen LogP contribution in [-0.2, 0) is 13.3 Å². The molecule has 14 heavy (non-hydrogen) atoms. The van der Waals surface area contributed by atoms with Gasteiger partial charge in [0.05, 0.1) is 0 Å². The van der Waals surface area contributed by atoms with Crippen molar-refractivity contribution in [1.82, 2.24) is 0 Å². The van der Waals surface area contributed by atoms with Gasteiger partial charge in [-0.15, -0.1) is 0 Å². The molecule has 0 radical (unpaired) electrons. The molecule has 4 heteroatoms. The minimum absolute atomic E-state index is 0.886. The van der Waals surface area contributed by atoms with Crippen LogP contribution in [0, 0.1) is 6.92 Å². The summed E-state index contributed by atoms with van der Waals surface area (Å²) in [5.41, 5.74) is 2.10. The van der Waals surface area contributed by atoms with Crippen molar-refractivity contribution >= 4 is 28.4 Å². The summed E-state index contributed by atoms with van der Waals surface area (Å²) in [5.74, 6) is 0. The molecule has 0 atom stereocenters. The fraction of sp³-hybridized carbons (Fsp3) is 0.300. The van der Waals surface area contributed by atoms with Crippen LogP contribution >= 0.6 is 18.8 Å². The molecule has 78 valence electrons. The molecule has 0 bridgehead atoms. The molecule has 1 aromatic carbocycles. The van der Waals surface area contributed by atoms with Crippen molar-refractivity contribution in [1.29, 1.82) is 0 Å². The summed E-state index contributed by atoms with van der Waals surface area (Å²) in [6.45, 7) is 5.94. The molecule has 0 fully saturated rings. The van der Waals surface area contributed by atoms with Gasteiger partial charge >= 0.3 is 95.9 Å². The first kappa shape index (κ1) is 12.2. The third-order valence-corrected chi connectivity index (χ3v) is 13.0. The Labute approximate surface area is 95.5 Å². The molecule has 0 saturated heterocycles. The van der Waals surface area contributed by atoms with Gasteiger partial charge < -0.3 is 0 Å². The number of hydrogen-bond acceptors (Lipinski definition) is 1. The van der Waals surface area contributed by atoms with Crippen LogP contribution in [0.25, 0.3) is 0 Å². The second-order valence-corrected chi connectivity index (χ2v) is 18.6. The van der Waals surface area contributed by atoms with Crippen molar-refractivity contribution in [2.24, 2.45) is 3.50 Å². The van der Waals surface area contributed by atoms with E-state index in [1.54, 1.807) is 0 Å². The minimum atomic E-state index is -3.27. The molecule has 0 aromatic heterocycles. The van der Waals surface area contributed by atoms with E-state index in [1.807, 2.05) is 45.0 Å². The predicted molar refractivity (Wildman–Crippen MR) is 61.3 cm³/mol. The predicted octanol–water partition coefficient (Wildman–Crippen LogP) is 4.48. The SMILES string of the molecule is C[C](C)=[W]([Cl])([Cl])=[N]c1ccc(C)cc1. The van der Waals surface area contributed by atoms with E-state index < -0.39 is 13.3 Å². The van der Waals surface area contributed by atoms with Crippen LogP contribution in [0.3, 0.4) is 0 Å². The summed E-state index contributed by atoms with van der Waals surface area (Å²) in [5, 5.41) is 0. The van der Waals surface area contributed by atoms with Gasteiger partial charge in [-0.2, -0.15) is 0 Å². The fourth-order valence-corrected chi connectivity index (χ4v) is 4.18. The van der Waals surface area contributed by atoms with Crippen LogP contribution in [-0.4, -0.2) is 3.90 Å². The molecule has 0 spiro atoms. The zero-order chi connectivity index (χ0) is 10.8. The molecule has 1 rings (SSSR count). The maximum atomic E-state index is 6.22. The summed E-state index contributed by atoms with van der Waals surface area (Å²) >= 11 is -3.27. The Morgan fingerprint density at radius 1 is 1.14 bits per heavy atom. The van der Waals surface area contributed by atoms with Crippen LogP contribution in [0.1, 0.15) is 19.4 Å². The first-order chi connectivity index (χ1) is 6.42. The molecule has 0 unspecified atom stereocenters. The van der Waals surface area contributed by atoms with E-state index in [4.69, 9.17) is 18.8 Å². The Bertz CT molecular complexity index is 428. The van der Waals surface area contributed by atoms with Crippen molar-refractivity contribution in [3.63, 3.8) is 0 Å². The molecule has 0 saturated carbocycles. The van der Waals surface area contributed by atoms with Crippen LogP contribution in [0.5, 0.6) is 0 Å². The van der Waals surface area contributed by atoms with Crippen LogP contribution < -0.4 is 0 Å². The van der Waals surface area contributed by atoms with E-state index in [0.29, 0.717) is 0 Å².